The van der Waals surface area contributed by atoms with Gasteiger partial charge >= 0.3 is 0 Å². The van der Waals surface area contributed by atoms with Gasteiger partial charge < -0.3 is 10.2 Å². The number of halogens is 1. The highest BCUT2D eigenvalue weighted by atomic mass is 35.5. The number of amides is 1. The smallest absolute Gasteiger partial charge is 0.274 e. The van der Waals surface area contributed by atoms with Gasteiger partial charge in [0.15, 0.2) is 5.69 Å². The van der Waals surface area contributed by atoms with E-state index in [2.05, 4.69) is 29.4 Å². The summed E-state index contributed by atoms with van der Waals surface area (Å²) in [4.78, 5) is 14.7. The van der Waals surface area contributed by atoms with Crippen LogP contribution in [0.1, 0.15) is 35.6 Å². The van der Waals surface area contributed by atoms with Crippen molar-refractivity contribution in [3.8, 4) is 0 Å². The van der Waals surface area contributed by atoms with Gasteiger partial charge in [-0.25, -0.2) is 0 Å². The summed E-state index contributed by atoms with van der Waals surface area (Å²) in [6, 6.07) is 0.273. The van der Waals surface area contributed by atoms with Crippen LogP contribution in [0.3, 0.4) is 0 Å². The molecule has 2 aliphatic rings. The van der Waals surface area contributed by atoms with E-state index < -0.39 is 0 Å². The lowest BCUT2D eigenvalue weighted by Crippen LogP contribution is -2.48. The fourth-order valence-corrected chi connectivity index (χ4v) is 3.86. The van der Waals surface area contributed by atoms with Crippen LogP contribution in [0.15, 0.2) is 0 Å². The SMILES string of the molecule is CC1SCCN(C(=O)c2n[nH]c3c2CNCC3)C1C.Cl. The average Bonchev–Trinajstić information content (AvgIpc) is 2.85. The molecule has 0 bridgehead atoms. The molecule has 7 heteroatoms. The predicted molar refractivity (Wildman–Crippen MR) is 83.7 cm³/mol. The van der Waals surface area contributed by atoms with Crippen LogP contribution < -0.4 is 5.32 Å². The molecular formula is C13H21ClN4OS. The molecule has 0 aliphatic carbocycles. The van der Waals surface area contributed by atoms with Crippen molar-refractivity contribution >= 4 is 30.1 Å². The Morgan fingerprint density at radius 1 is 1.45 bits per heavy atom. The van der Waals surface area contributed by atoms with Crippen LogP contribution in [0.5, 0.6) is 0 Å². The highest BCUT2D eigenvalue weighted by Gasteiger charge is 2.32. The van der Waals surface area contributed by atoms with Crippen LogP contribution in [0.4, 0.5) is 0 Å². The second kappa shape index (κ2) is 6.37. The van der Waals surface area contributed by atoms with Crippen molar-refractivity contribution in [2.24, 2.45) is 0 Å². The van der Waals surface area contributed by atoms with Crippen molar-refractivity contribution in [2.45, 2.75) is 38.1 Å². The number of hydrogen-bond acceptors (Lipinski definition) is 4. The maximum Gasteiger partial charge on any atom is 0.274 e. The van der Waals surface area contributed by atoms with Crippen molar-refractivity contribution in [3.63, 3.8) is 0 Å². The molecule has 1 saturated heterocycles. The van der Waals surface area contributed by atoms with E-state index in [1.54, 1.807) is 0 Å². The van der Waals surface area contributed by atoms with Gasteiger partial charge in [-0.15, -0.1) is 12.4 Å². The molecule has 0 aromatic carbocycles. The minimum Gasteiger partial charge on any atom is -0.333 e. The van der Waals surface area contributed by atoms with Crippen LogP contribution >= 0.6 is 24.2 Å². The summed E-state index contributed by atoms with van der Waals surface area (Å²) in [5.74, 6) is 1.10. The molecule has 1 aromatic rings. The van der Waals surface area contributed by atoms with E-state index in [9.17, 15) is 4.79 Å². The van der Waals surface area contributed by atoms with Crippen molar-refractivity contribution < 1.29 is 4.79 Å². The van der Waals surface area contributed by atoms with Gasteiger partial charge in [0.2, 0.25) is 0 Å². The topological polar surface area (TPSA) is 61.0 Å². The average molecular weight is 317 g/mol. The van der Waals surface area contributed by atoms with E-state index in [0.29, 0.717) is 10.9 Å². The first kappa shape index (κ1) is 15.7. The third-order valence-electron chi connectivity index (χ3n) is 4.15. The fraction of sp³-hybridized carbons (Fsp3) is 0.692. The molecule has 2 aliphatic heterocycles. The summed E-state index contributed by atoms with van der Waals surface area (Å²) in [6.45, 7) is 6.85. The number of nitrogens with one attached hydrogen (secondary N) is 2. The summed E-state index contributed by atoms with van der Waals surface area (Å²) in [5, 5.41) is 11.1. The lowest BCUT2D eigenvalue weighted by molar-refractivity contribution is 0.0690. The first-order valence-corrected chi connectivity index (χ1v) is 7.92. The van der Waals surface area contributed by atoms with Gasteiger partial charge in [0.05, 0.1) is 0 Å². The van der Waals surface area contributed by atoms with E-state index in [-0.39, 0.29) is 24.4 Å². The highest BCUT2D eigenvalue weighted by molar-refractivity contribution is 8.00. The second-order valence-electron chi connectivity index (χ2n) is 5.27. The maximum atomic E-state index is 12.7. The first-order chi connectivity index (χ1) is 9.18. The second-order valence-corrected chi connectivity index (χ2v) is 6.76. The molecule has 3 rings (SSSR count). The molecular weight excluding hydrogens is 296 g/mol. The standard InChI is InChI=1S/C13H20N4OS.ClH/c1-8-9(2)19-6-5-17(8)13(18)12-10-7-14-4-3-11(10)15-16-12;/h8-9,14H,3-7H2,1-2H3,(H,15,16);1H. The molecule has 0 radical (unpaired) electrons. The molecule has 2 atom stereocenters. The zero-order chi connectivity index (χ0) is 13.4. The van der Waals surface area contributed by atoms with Crippen LogP contribution in [0.2, 0.25) is 0 Å². The Morgan fingerprint density at radius 3 is 3.05 bits per heavy atom. The summed E-state index contributed by atoms with van der Waals surface area (Å²) in [7, 11) is 0. The quantitative estimate of drug-likeness (QED) is 0.823. The zero-order valence-corrected chi connectivity index (χ0v) is 13.4. The Morgan fingerprint density at radius 2 is 2.25 bits per heavy atom. The molecule has 0 spiro atoms. The number of hydrogen-bond donors (Lipinski definition) is 2. The fourth-order valence-electron chi connectivity index (χ4n) is 2.76. The molecule has 1 fully saturated rings. The molecule has 3 heterocycles. The summed E-state index contributed by atoms with van der Waals surface area (Å²) >= 11 is 1.94. The number of carbonyl (C=O) groups excluding carboxylic acids is 1. The monoisotopic (exact) mass is 316 g/mol. The van der Waals surface area contributed by atoms with Crippen molar-refractivity contribution in [3.05, 3.63) is 17.0 Å². The Labute approximate surface area is 129 Å². The van der Waals surface area contributed by atoms with Gasteiger partial charge in [-0.2, -0.15) is 16.9 Å². The van der Waals surface area contributed by atoms with Crippen LogP contribution in [0, 0.1) is 0 Å². The molecule has 20 heavy (non-hydrogen) atoms. The van der Waals surface area contributed by atoms with Gasteiger partial charge in [0.25, 0.3) is 5.91 Å². The number of H-pyrrole nitrogens is 1. The van der Waals surface area contributed by atoms with Crippen molar-refractivity contribution in [2.75, 3.05) is 18.8 Å². The largest absolute Gasteiger partial charge is 0.333 e. The van der Waals surface area contributed by atoms with E-state index in [1.807, 2.05) is 16.7 Å². The number of fused-ring (bicyclic) bond motifs is 1. The normalized spacial score (nSPS) is 25.8. The Hall–Kier alpha value is -0.720. The van der Waals surface area contributed by atoms with Gasteiger partial charge in [0.1, 0.15) is 0 Å². The molecule has 1 amide bonds. The van der Waals surface area contributed by atoms with Crippen LogP contribution in [0.25, 0.3) is 0 Å². The summed E-state index contributed by atoms with van der Waals surface area (Å²) in [5.41, 5.74) is 2.80. The molecule has 2 unspecified atom stereocenters. The predicted octanol–water partition coefficient (Wildman–Crippen LogP) is 1.44. The number of aromatic nitrogens is 2. The van der Waals surface area contributed by atoms with E-state index in [1.165, 1.54) is 0 Å². The highest BCUT2D eigenvalue weighted by Crippen LogP contribution is 2.26. The lowest BCUT2D eigenvalue weighted by Gasteiger charge is -2.37. The first-order valence-electron chi connectivity index (χ1n) is 6.88. The van der Waals surface area contributed by atoms with Gasteiger partial charge in [-0.3, -0.25) is 9.89 Å². The van der Waals surface area contributed by atoms with Gasteiger partial charge in [-0.05, 0) is 6.92 Å². The van der Waals surface area contributed by atoms with E-state index >= 15 is 0 Å². The molecule has 1 aromatic heterocycles. The van der Waals surface area contributed by atoms with Gasteiger partial charge in [0, 0.05) is 54.4 Å². The van der Waals surface area contributed by atoms with Gasteiger partial charge in [-0.1, -0.05) is 6.92 Å². The number of rotatable bonds is 1. The van der Waals surface area contributed by atoms with E-state index in [0.717, 1.165) is 43.1 Å². The number of nitrogens with zero attached hydrogens (tertiary/aromatic N) is 2. The summed E-state index contributed by atoms with van der Waals surface area (Å²) < 4.78 is 0. The molecule has 112 valence electrons. The van der Waals surface area contributed by atoms with Crippen molar-refractivity contribution in [1.82, 2.24) is 20.4 Å². The third kappa shape index (κ3) is 2.69. The Bertz CT molecular complexity index is 493. The third-order valence-corrected chi connectivity index (χ3v) is 5.49. The number of thioether (sulfide) groups is 1. The molecule has 0 saturated carbocycles. The lowest BCUT2D eigenvalue weighted by atomic mass is 10.1. The minimum absolute atomic E-state index is 0. The zero-order valence-electron chi connectivity index (χ0n) is 11.8. The van der Waals surface area contributed by atoms with Crippen LogP contribution in [-0.4, -0.2) is 51.1 Å². The minimum atomic E-state index is 0. The number of aromatic amines is 1. The maximum absolute atomic E-state index is 12.7. The van der Waals surface area contributed by atoms with Crippen LogP contribution in [-0.2, 0) is 13.0 Å². The molecule has 5 nitrogen and oxygen atoms in total. The molecule has 2 N–H and O–H groups in total. The summed E-state index contributed by atoms with van der Waals surface area (Å²) in [6.07, 6.45) is 0.928. The number of carbonyl (C=O) groups is 1. The Balaban J connectivity index is 0.00000147. The Kier molecular flexibility index (Phi) is 4.99. The van der Waals surface area contributed by atoms with E-state index in [4.69, 9.17) is 0 Å². The van der Waals surface area contributed by atoms with Crippen molar-refractivity contribution in [1.29, 1.82) is 0 Å².